The van der Waals surface area contributed by atoms with E-state index in [2.05, 4.69) is 34.2 Å². The molecule has 44 heavy (non-hydrogen) atoms. The Morgan fingerprint density at radius 2 is 1.80 bits per heavy atom. The number of benzene rings is 1. The maximum absolute atomic E-state index is 14.0. The fourth-order valence-electron chi connectivity index (χ4n) is 5.42. The van der Waals surface area contributed by atoms with E-state index in [-0.39, 0.29) is 11.9 Å². The molecule has 1 aromatic carbocycles. The Bertz CT molecular complexity index is 1320. The number of nitrogens with zero attached hydrogens (tertiary/aromatic N) is 6. The second-order valence-corrected chi connectivity index (χ2v) is 10.5. The summed E-state index contributed by atoms with van der Waals surface area (Å²) in [6.07, 6.45) is 5.15. The summed E-state index contributed by atoms with van der Waals surface area (Å²) in [5.41, 5.74) is 3.06. The molecule has 2 aromatic heterocycles. The number of methoxy groups -OCH3 is 1. The predicted molar refractivity (Wildman–Crippen MR) is 178 cm³/mol. The van der Waals surface area contributed by atoms with Crippen molar-refractivity contribution in [2.24, 2.45) is 0 Å². The molecule has 242 valence electrons. The monoisotopic (exact) mass is 629 g/mol. The first-order valence-corrected chi connectivity index (χ1v) is 15.7. The topological polar surface area (TPSA) is 112 Å². The number of likely N-dealkylation sites (tertiary alicyclic amines) is 1. The van der Waals surface area contributed by atoms with E-state index in [0.29, 0.717) is 23.7 Å². The average molecular weight is 630 g/mol. The number of ether oxygens (including phenoxy) is 1. The van der Waals surface area contributed by atoms with E-state index >= 15 is 0 Å². The van der Waals surface area contributed by atoms with E-state index in [1.54, 1.807) is 19.2 Å². The second-order valence-electron chi connectivity index (χ2n) is 10.0. The third kappa shape index (κ3) is 8.47. The predicted octanol–water partition coefficient (Wildman–Crippen LogP) is 5.52. The number of carbonyl (C=O) groups excluding carboxylic acids is 3. The molecule has 1 unspecified atom stereocenters. The molecular formula is C32H48ClN7O4. The van der Waals surface area contributed by atoms with Gasteiger partial charge < -0.3 is 34.3 Å². The van der Waals surface area contributed by atoms with Crippen LogP contribution in [-0.4, -0.2) is 92.5 Å². The number of halogens is 1. The Morgan fingerprint density at radius 1 is 1.07 bits per heavy atom. The first-order chi connectivity index (χ1) is 21.5. The first-order valence-electron chi connectivity index (χ1n) is 15.3. The van der Waals surface area contributed by atoms with Gasteiger partial charge in [0.25, 0.3) is 5.91 Å². The third-order valence-electron chi connectivity index (χ3n) is 7.70. The van der Waals surface area contributed by atoms with Gasteiger partial charge in [0.2, 0.25) is 0 Å². The molecule has 2 aliphatic heterocycles. The normalized spacial score (nSPS) is 15.7. The Balaban J connectivity index is 0.00000106. The van der Waals surface area contributed by atoms with Gasteiger partial charge in [-0.2, -0.15) is 9.61 Å². The lowest BCUT2D eigenvalue weighted by molar-refractivity contribution is -0.0987. The summed E-state index contributed by atoms with van der Waals surface area (Å²) >= 11 is 6.31. The zero-order chi connectivity index (χ0) is 32.6. The number of hydrogen-bond donors (Lipinski definition) is 1. The Kier molecular flexibility index (Phi) is 15.6. The van der Waals surface area contributed by atoms with Crippen molar-refractivity contribution in [1.82, 2.24) is 19.5 Å². The minimum atomic E-state index is -0.134. The molecule has 4 heterocycles. The number of amides is 1. The van der Waals surface area contributed by atoms with E-state index in [1.165, 1.54) is 6.42 Å². The molecule has 0 spiro atoms. The van der Waals surface area contributed by atoms with E-state index in [4.69, 9.17) is 36.0 Å². The van der Waals surface area contributed by atoms with Crippen molar-refractivity contribution in [2.75, 3.05) is 68.6 Å². The van der Waals surface area contributed by atoms with Gasteiger partial charge in [0.05, 0.1) is 23.9 Å². The SMILES string of the molecule is C=O.C=O.CC.CCN(CCOC)c1cc(N2CCC2)nc2cc(C3CCCCCN3C(=O)c3cc(Cl)ccc3NC)nn12. The summed E-state index contributed by atoms with van der Waals surface area (Å²) in [7, 11) is 3.55. The number of rotatable bonds is 9. The number of fused-ring (bicyclic) bond motifs is 1. The van der Waals surface area contributed by atoms with Gasteiger partial charge in [0, 0.05) is 69.7 Å². The molecule has 2 fully saturated rings. The molecule has 0 bridgehead atoms. The summed E-state index contributed by atoms with van der Waals surface area (Å²) in [5, 5.41) is 8.80. The van der Waals surface area contributed by atoms with Gasteiger partial charge in [-0.05, 0) is 44.4 Å². The fraction of sp³-hybridized carbons (Fsp3) is 0.531. The molecule has 2 aliphatic rings. The number of carbonyl (C=O) groups is 3. The number of anilines is 3. The Morgan fingerprint density at radius 3 is 2.41 bits per heavy atom. The third-order valence-corrected chi connectivity index (χ3v) is 7.94. The van der Waals surface area contributed by atoms with Crippen LogP contribution in [-0.2, 0) is 14.3 Å². The Hall–Kier alpha value is -3.70. The first kappa shape index (κ1) is 36.5. The zero-order valence-corrected chi connectivity index (χ0v) is 27.6. The van der Waals surface area contributed by atoms with Crippen LogP contribution in [0.1, 0.15) is 75.0 Å². The highest BCUT2D eigenvalue weighted by Gasteiger charge is 2.31. The largest absolute Gasteiger partial charge is 0.387 e. The summed E-state index contributed by atoms with van der Waals surface area (Å²) in [5.74, 6) is 1.96. The van der Waals surface area contributed by atoms with Crippen LogP contribution in [0, 0.1) is 0 Å². The van der Waals surface area contributed by atoms with Crippen LogP contribution in [0.15, 0.2) is 30.3 Å². The van der Waals surface area contributed by atoms with Crippen molar-refractivity contribution in [3.63, 3.8) is 0 Å². The summed E-state index contributed by atoms with van der Waals surface area (Å²) in [6, 6.07) is 9.51. The van der Waals surface area contributed by atoms with Crippen LogP contribution in [0.4, 0.5) is 17.3 Å². The molecule has 1 N–H and O–H groups in total. The lowest BCUT2D eigenvalue weighted by Gasteiger charge is -2.33. The quantitative estimate of drug-likeness (QED) is 0.327. The molecule has 3 aromatic rings. The van der Waals surface area contributed by atoms with Crippen LogP contribution >= 0.6 is 11.6 Å². The van der Waals surface area contributed by atoms with Gasteiger partial charge in [-0.1, -0.05) is 38.3 Å². The van der Waals surface area contributed by atoms with E-state index < -0.39 is 0 Å². The number of hydrogen-bond acceptors (Lipinski definition) is 9. The maximum atomic E-state index is 14.0. The minimum Gasteiger partial charge on any atom is -0.387 e. The Labute approximate surface area is 266 Å². The van der Waals surface area contributed by atoms with Gasteiger partial charge in [-0.3, -0.25) is 4.79 Å². The molecular weight excluding hydrogens is 582 g/mol. The molecule has 0 saturated carbocycles. The summed E-state index contributed by atoms with van der Waals surface area (Å²) in [4.78, 5) is 41.5. The lowest BCUT2D eigenvalue weighted by Crippen LogP contribution is -2.38. The van der Waals surface area contributed by atoms with Crippen molar-refractivity contribution in [2.45, 2.75) is 58.9 Å². The van der Waals surface area contributed by atoms with Gasteiger partial charge in [0.1, 0.15) is 25.2 Å². The van der Waals surface area contributed by atoms with Gasteiger partial charge >= 0.3 is 0 Å². The second kappa shape index (κ2) is 18.9. The van der Waals surface area contributed by atoms with Crippen LogP contribution in [0.25, 0.3) is 5.65 Å². The van der Waals surface area contributed by atoms with Crippen LogP contribution in [0.5, 0.6) is 0 Å². The smallest absolute Gasteiger partial charge is 0.256 e. The molecule has 12 heteroatoms. The maximum Gasteiger partial charge on any atom is 0.256 e. The molecule has 2 saturated heterocycles. The van der Waals surface area contributed by atoms with Crippen molar-refractivity contribution in [3.05, 3.63) is 46.6 Å². The van der Waals surface area contributed by atoms with Crippen molar-refractivity contribution < 1.29 is 19.1 Å². The molecule has 11 nitrogen and oxygen atoms in total. The summed E-state index contributed by atoms with van der Waals surface area (Å²) in [6.45, 7) is 15.1. The van der Waals surface area contributed by atoms with Gasteiger partial charge in [-0.25, -0.2) is 4.98 Å². The van der Waals surface area contributed by atoms with Crippen LogP contribution < -0.4 is 15.1 Å². The number of nitrogens with one attached hydrogen (secondary N) is 1. The highest BCUT2D eigenvalue weighted by Crippen LogP contribution is 2.34. The highest BCUT2D eigenvalue weighted by molar-refractivity contribution is 6.31. The standard InChI is InChI=1S/C28H38ClN7O2.C2H6.2CH2O/c1-4-33(15-16-38-3)27-19-25(34-12-8-13-34)31-26-18-23(32-36(26)27)24-9-6-5-7-14-35(24)28(37)21-17-20(29)10-11-22(21)30-2;3*1-2/h10-11,17-19,24,30H,4-9,12-16H2,1-3H3;1-2H3;2*1H2. The van der Waals surface area contributed by atoms with Crippen LogP contribution in [0.2, 0.25) is 5.02 Å². The summed E-state index contributed by atoms with van der Waals surface area (Å²) < 4.78 is 7.33. The van der Waals surface area contributed by atoms with Gasteiger partial charge in [-0.15, -0.1) is 0 Å². The molecule has 1 amide bonds. The average Bonchev–Trinajstić information content (AvgIpc) is 3.32. The fourth-order valence-corrected chi connectivity index (χ4v) is 5.59. The van der Waals surface area contributed by atoms with Crippen molar-refractivity contribution >= 4 is 54.1 Å². The highest BCUT2D eigenvalue weighted by atomic mass is 35.5. The van der Waals surface area contributed by atoms with Gasteiger partial charge in [0.15, 0.2) is 5.65 Å². The molecule has 5 rings (SSSR count). The van der Waals surface area contributed by atoms with Crippen molar-refractivity contribution in [3.8, 4) is 0 Å². The van der Waals surface area contributed by atoms with Crippen molar-refractivity contribution in [1.29, 1.82) is 0 Å². The van der Waals surface area contributed by atoms with E-state index in [9.17, 15) is 4.79 Å². The molecule has 1 atom stereocenters. The molecule has 0 radical (unpaired) electrons. The number of aromatic nitrogens is 3. The zero-order valence-electron chi connectivity index (χ0n) is 26.9. The van der Waals surface area contributed by atoms with E-state index in [1.807, 2.05) is 50.0 Å². The lowest BCUT2D eigenvalue weighted by atomic mass is 10.0. The van der Waals surface area contributed by atoms with E-state index in [0.717, 1.165) is 80.5 Å². The minimum absolute atomic E-state index is 0.0227. The number of likely N-dealkylation sites (N-methyl/N-ethyl adjacent to an activating group) is 1. The molecule has 0 aliphatic carbocycles. The van der Waals surface area contributed by atoms with Crippen LogP contribution in [0.3, 0.4) is 0 Å².